The second-order valence-corrected chi connectivity index (χ2v) is 10.4. The molecule has 0 unspecified atom stereocenters. The molecule has 6 nitrogen and oxygen atoms in total. The molecule has 7 heteroatoms. The van der Waals surface area contributed by atoms with Crippen LogP contribution in [-0.4, -0.2) is 56.8 Å². The number of carbonyl (C=O) groups is 1. The Kier molecular flexibility index (Phi) is 6.60. The molecule has 1 amide bonds. The van der Waals surface area contributed by atoms with Crippen molar-refractivity contribution in [2.45, 2.75) is 30.2 Å². The minimum absolute atomic E-state index is 0.0104. The van der Waals surface area contributed by atoms with Crippen molar-refractivity contribution in [1.82, 2.24) is 9.21 Å². The quantitative estimate of drug-likeness (QED) is 0.620. The molecule has 32 heavy (non-hydrogen) atoms. The Labute approximate surface area is 189 Å². The molecule has 1 saturated heterocycles. The van der Waals surface area contributed by atoms with Crippen LogP contribution in [0.15, 0.2) is 71.6 Å². The number of hydrogen-bond donors (Lipinski definition) is 1. The van der Waals surface area contributed by atoms with Gasteiger partial charge in [-0.05, 0) is 73.6 Å². The average Bonchev–Trinajstić information content (AvgIpc) is 2.80. The van der Waals surface area contributed by atoms with E-state index in [4.69, 9.17) is 0 Å². The van der Waals surface area contributed by atoms with Crippen molar-refractivity contribution in [3.8, 4) is 0 Å². The van der Waals surface area contributed by atoms with E-state index in [0.717, 1.165) is 42.3 Å². The summed E-state index contributed by atoms with van der Waals surface area (Å²) in [5, 5.41) is 5.04. The number of sulfonamides is 1. The number of likely N-dealkylation sites (tertiary alicyclic amines) is 1. The van der Waals surface area contributed by atoms with Gasteiger partial charge in [-0.15, -0.1) is 0 Å². The molecule has 4 rings (SSSR count). The van der Waals surface area contributed by atoms with E-state index in [1.54, 1.807) is 31.3 Å². The molecule has 1 aliphatic rings. The smallest absolute Gasteiger partial charge is 0.243 e. The van der Waals surface area contributed by atoms with E-state index in [2.05, 4.69) is 17.3 Å². The van der Waals surface area contributed by atoms with E-state index in [-0.39, 0.29) is 23.3 Å². The largest absolute Gasteiger partial charge is 0.326 e. The van der Waals surface area contributed by atoms with Gasteiger partial charge in [0.25, 0.3) is 0 Å². The van der Waals surface area contributed by atoms with Gasteiger partial charge in [0.05, 0.1) is 11.3 Å². The highest BCUT2D eigenvalue weighted by molar-refractivity contribution is 7.89. The third-order valence-corrected chi connectivity index (χ3v) is 8.17. The molecule has 0 spiro atoms. The summed E-state index contributed by atoms with van der Waals surface area (Å²) in [4.78, 5) is 15.1. The second kappa shape index (κ2) is 9.40. The van der Waals surface area contributed by atoms with Crippen LogP contribution in [0, 0.1) is 0 Å². The lowest BCUT2D eigenvalue weighted by Gasteiger charge is -2.34. The van der Waals surface area contributed by atoms with Crippen LogP contribution in [0.5, 0.6) is 0 Å². The summed E-state index contributed by atoms with van der Waals surface area (Å²) >= 11 is 0. The molecular weight excluding hydrogens is 422 g/mol. The monoisotopic (exact) mass is 451 g/mol. The fourth-order valence-electron chi connectivity index (χ4n) is 4.26. The molecular formula is C25H29N3O3S. The van der Waals surface area contributed by atoms with Crippen molar-refractivity contribution in [3.63, 3.8) is 0 Å². The van der Waals surface area contributed by atoms with Crippen molar-refractivity contribution >= 4 is 32.4 Å². The topological polar surface area (TPSA) is 69.7 Å². The molecule has 0 aliphatic carbocycles. The lowest BCUT2D eigenvalue weighted by Crippen LogP contribution is -2.44. The maximum Gasteiger partial charge on any atom is 0.243 e. The minimum Gasteiger partial charge on any atom is -0.326 e. The molecule has 0 atom stereocenters. The van der Waals surface area contributed by atoms with Crippen LogP contribution in [0.2, 0.25) is 0 Å². The number of amides is 1. The van der Waals surface area contributed by atoms with Crippen molar-refractivity contribution in [3.05, 3.63) is 72.3 Å². The Morgan fingerprint density at radius 3 is 2.38 bits per heavy atom. The first-order chi connectivity index (χ1) is 15.3. The van der Waals surface area contributed by atoms with Gasteiger partial charge >= 0.3 is 0 Å². The molecule has 1 heterocycles. The number of nitrogens with zero attached hydrogens (tertiary/aromatic N) is 2. The first kappa shape index (κ1) is 22.5. The van der Waals surface area contributed by atoms with Gasteiger partial charge in [-0.1, -0.05) is 42.5 Å². The third kappa shape index (κ3) is 4.85. The van der Waals surface area contributed by atoms with Crippen molar-refractivity contribution in [1.29, 1.82) is 0 Å². The molecule has 3 aromatic carbocycles. The van der Waals surface area contributed by atoms with E-state index in [9.17, 15) is 13.2 Å². The summed E-state index contributed by atoms with van der Waals surface area (Å²) in [5.41, 5.74) is 1.54. The number of rotatable bonds is 6. The molecule has 1 fully saturated rings. The number of fused-ring (bicyclic) bond motifs is 1. The van der Waals surface area contributed by atoms with Crippen LogP contribution in [0.25, 0.3) is 10.8 Å². The normalized spacial score (nSPS) is 15.8. The SMILES string of the molecule is CN1CCC(N(C)S(=O)(=O)c2ccc(NC(=O)Cc3cccc4ccccc34)cc2)CC1. The summed E-state index contributed by atoms with van der Waals surface area (Å²) in [7, 11) is 0.139. The zero-order valence-corrected chi connectivity index (χ0v) is 19.3. The number of benzene rings is 3. The summed E-state index contributed by atoms with van der Waals surface area (Å²) in [6.07, 6.45) is 1.91. The Hall–Kier alpha value is -2.74. The van der Waals surface area contributed by atoms with Crippen molar-refractivity contribution in [2.24, 2.45) is 0 Å². The Morgan fingerprint density at radius 2 is 1.66 bits per heavy atom. The van der Waals surface area contributed by atoms with Crippen LogP contribution in [0.1, 0.15) is 18.4 Å². The lowest BCUT2D eigenvalue weighted by atomic mass is 10.0. The van der Waals surface area contributed by atoms with Crippen LogP contribution < -0.4 is 5.32 Å². The van der Waals surface area contributed by atoms with E-state index >= 15 is 0 Å². The van der Waals surface area contributed by atoms with Crippen molar-refractivity contribution in [2.75, 3.05) is 32.5 Å². The highest BCUT2D eigenvalue weighted by atomic mass is 32.2. The fraction of sp³-hybridized carbons (Fsp3) is 0.320. The number of piperidine rings is 1. The van der Waals surface area contributed by atoms with Crippen LogP contribution >= 0.6 is 0 Å². The van der Waals surface area contributed by atoms with Gasteiger partial charge in [0.2, 0.25) is 15.9 Å². The Balaban J connectivity index is 1.42. The molecule has 0 radical (unpaired) electrons. The van der Waals surface area contributed by atoms with Gasteiger partial charge < -0.3 is 10.2 Å². The predicted octanol–water partition coefficient (Wildman–Crippen LogP) is 3.74. The molecule has 1 aliphatic heterocycles. The maximum atomic E-state index is 13.0. The number of anilines is 1. The maximum absolute atomic E-state index is 13.0. The van der Waals surface area contributed by atoms with Gasteiger partial charge in [-0.2, -0.15) is 4.31 Å². The van der Waals surface area contributed by atoms with Gasteiger partial charge in [0.15, 0.2) is 0 Å². The van der Waals surface area contributed by atoms with Crippen LogP contribution in [0.4, 0.5) is 5.69 Å². The van der Waals surface area contributed by atoms with Gasteiger partial charge in [-0.25, -0.2) is 8.42 Å². The molecule has 0 aromatic heterocycles. The fourth-order valence-corrected chi connectivity index (χ4v) is 5.67. The zero-order chi connectivity index (χ0) is 22.7. The molecule has 0 bridgehead atoms. The summed E-state index contributed by atoms with van der Waals surface area (Å²) in [6.45, 7) is 1.79. The highest BCUT2D eigenvalue weighted by Crippen LogP contribution is 2.24. The van der Waals surface area contributed by atoms with Gasteiger partial charge in [-0.3, -0.25) is 4.79 Å². The summed E-state index contributed by atoms with van der Waals surface area (Å²) < 4.78 is 27.6. The van der Waals surface area contributed by atoms with E-state index in [1.807, 2.05) is 42.5 Å². The Bertz CT molecular complexity index is 1200. The highest BCUT2D eigenvalue weighted by Gasteiger charge is 2.30. The first-order valence-corrected chi connectivity index (χ1v) is 12.3. The van der Waals surface area contributed by atoms with E-state index in [0.29, 0.717) is 5.69 Å². The first-order valence-electron chi connectivity index (χ1n) is 10.9. The Morgan fingerprint density at radius 1 is 1.00 bits per heavy atom. The van der Waals surface area contributed by atoms with E-state index < -0.39 is 10.0 Å². The van der Waals surface area contributed by atoms with Crippen molar-refractivity contribution < 1.29 is 13.2 Å². The van der Waals surface area contributed by atoms with Crippen LogP contribution in [0.3, 0.4) is 0 Å². The van der Waals surface area contributed by atoms with Crippen LogP contribution in [-0.2, 0) is 21.2 Å². The summed E-state index contributed by atoms with van der Waals surface area (Å²) in [6, 6.07) is 20.3. The molecule has 0 saturated carbocycles. The average molecular weight is 452 g/mol. The molecule has 1 N–H and O–H groups in total. The lowest BCUT2D eigenvalue weighted by molar-refractivity contribution is -0.115. The number of carbonyl (C=O) groups excluding carboxylic acids is 1. The number of nitrogens with one attached hydrogen (secondary N) is 1. The predicted molar refractivity (Wildman–Crippen MR) is 128 cm³/mol. The zero-order valence-electron chi connectivity index (χ0n) is 18.5. The standard InChI is InChI=1S/C25H29N3O3S/c1-27-16-14-22(15-17-27)28(2)32(30,31)23-12-10-21(11-13-23)26-25(29)18-20-8-5-7-19-6-3-4-9-24(19)20/h3-13,22H,14-18H2,1-2H3,(H,26,29). The minimum atomic E-state index is -3.57. The summed E-state index contributed by atoms with van der Waals surface area (Å²) in [5.74, 6) is -0.139. The van der Waals surface area contributed by atoms with Gasteiger partial charge in [0.1, 0.15) is 0 Å². The molecule has 3 aromatic rings. The van der Waals surface area contributed by atoms with Gasteiger partial charge in [0, 0.05) is 18.8 Å². The molecule has 168 valence electrons. The number of hydrogen-bond acceptors (Lipinski definition) is 4. The third-order valence-electron chi connectivity index (χ3n) is 6.25. The van der Waals surface area contributed by atoms with E-state index in [1.165, 1.54) is 4.31 Å². The second-order valence-electron chi connectivity index (χ2n) is 8.44.